The van der Waals surface area contributed by atoms with Gasteiger partial charge in [-0.2, -0.15) is 0 Å². The minimum Gasteiger partial charge on any atom is -0.480 e. The number of hydrogen-bond donors (Lipinski definition) is 3. The van der Waals surface area contributed by atoms with Crippen molar-refractivity contribution in [2.24, 2.45) is 5.73 Å². The molecule has 0 fully saturated rings. The fraction of sp³-hybridized carbons (Fsp3) is 0.854. The Morgan fingerprint density at radius 1 is 0.615 bits per heavy atom. The van der Waals surface area contributed by atoms with Gasteiger partial charge in [0, 0.05) is 13.0 Å². The van der Waals surface area contributed by atoms with Crippen LogP contribution in [0.5, 0.6) is 0 Å². The van der Waals surface area contributed by atoms with E-state index in [0.29, 0.717) is 13.0 Å². The number of unbranched alkanes of at least 4 members (excludes halogenated alkanes) is 22. The fourth-order valence-corrected chi connectivity index (χ4v) is 6.47. The van der Waals surface area contributed by atoms with Crippen molar-refractivity contribution in [1.29, 1.82) is 0 Å². The van der Waals surface area contributed by atoms with Gasteiger partial charge in [0.2, 0.25) is 0 Å². The summed E-state index contributed by atoms with van der Waals surface area (Å²) < 4.78 is 33.3. The summed E-state index contributed by atoms with van der Waals surface area (Å²) in [6, 6.07) is -1.47. The minimum atomic E-state index is -4.61. The lowest BCUT2D eigenvalue weighted by Gasteiger charge is -2.20. The topological polar surface area (TPSA) is 155 Å². The molecule has 3 atom stereocenters. The first-order valence-electron chi connectivity index (χ1n) is 20.9. The maximum absolute atomic E-state index is 12.6. The summed E-state index contributed by atoms with van der Waals surface area (Å²) in [5.74, 6) is -1.79. The zero-order valence-corrected chi connectivity index (χ0v) is 34.1. The van der Waals surface area contributed by atoms with Crippen LogP contribution in [0.25, 0.3) is 0 Å². The standard InChI is InChI=1S/C41H78NO9P/c1-3-5-7-9-11-13-15-17-19-21-23-25-27-29-31-33-40(43)51-38(36-49-52(46,47)50-37-39(42)41(44)45)35-48-34-32-30-28-26-24-22-20-18-16-14-12-10-8-6-4-2/h11,13,17,19,38-39H,3-10,12,14-16,18,20-37,42H2,1-2H3,(H,44,45)(H,46,47)/b13-11-,19-17-. The Hall–Kier alpha value is -1.55. The van der Waals surface area contributed by atoms with Crippen LogP contribution in [-0.4, -0.2) is 60.5 Å². The van der Waals surface area contributed by atoms with Crippen LogP contribution in [0.1, 0.15) is 187 Å². The Bertz CT molecular complexity index is 930. The highest BCUT2D eigenvalue weighted by Gasteiger charge is 2.27. The molecule has 52 heavy (non-hydrogen) atoms. The molecule has 0 amide bonds. The monoisotopic (exact) mass is 760 g/mol. The number of esters is 1. The molecule has 0 aliphatic carbocycles. The number of aliphatic carboxylic acids is 1. The van der Waals surface area contributed by atoms with Crippen LogP contribution in [0.3, 0.4) is 0 Å². The van der Waals surface area contributed by atoms with E-state index in [4.69, 9.17) is 29.4 Å². The van der Waals surface area contributed by atoms with E-state index >= 15 is 0 Å². The molecule has 0 aliphatic rings. The summed E-state index contributed by atoms with van der Waals surface area (Å²) in [5.41, 5.74) is 5.35. The summed E-state index contributed by atoms with van der Waals surface area (Å²) in [4.78, 5) is 33.5. The van der Waals surface area contributed by atoms with E-state index in [1.165, 1.54) is 103 Å². The highest BCUT2D eigenvalue weighted by molar-refractivity contribution is 7.47. The molecule has 0 rings (SSSR count). The van der Waals surface area contributed by atoms with Crippen molar-refractivity contribution in [3.05, 3.63) is 24.3 Å². The van der Waals surface area contributed by atoms with E-state index in [-0.39, 0.29) is 13.0 Å². The largest absolute Gasteiger partial charge is 0.480 e. The van der Waals surface area contributed by atoms with Crippen LogP contribution >= 0.6 is 7.82 Å². The van der Waals surface area contributed by atoms with E-state index in [2.05, 4.69) is 38.2 Å². The van der Waals surface area contributed by atoms with Gasteiger partial charge in [0.15, 0.2) is 0 Å². The maximum Gasteiger partial charge on any atom is 0.472 e. The lowest BCUT2D eigenvalue weighted by atomic mass is 10.0. The van der Waals surface area contributed by atoms with Gasteiger partial charge in [-0.1, -0.05) is 160 Å². The third-order valence-corrected chi connectivity index (χ3v) is 9.93. The smallest absolute Gasteiger partial charge is 0.472 e. The number of carboxylic acid groups (broad SMARTS) is 1. The molecular formula is C41H78NO9P. The molecule has 4 N–H and O–H groups in total. The number of hydrogen-bond acceptors (Lipinski definition) is 8. The summed E-state index contributed by atoms with van der Waals surface area (Å²) >= 11 is 0. The maximum atomic E-state index is 12.6. The third-order valence-electron chi connectivity index (χ3n) is 8.98. The van der Waals surface area contributed by atoms with Gasteiger partial charge in [0.05, 0.1) is 19.8 Å². The molecule has 0 bridgehead atoms. The quantitative estimate of drug-likeness (QED) is 0.0238. The van der Waals surface area contributed by atoms with Crippen molar-refractivity contribution in [1.82, 2.24) is 0 Å². The molecule has 3 unspecified atom stereocenters. The van der Waals surface area contributed by atoms with Gasteiger partial charge in [0.1, 0.15) is 12.1 Å². The normalized spacial score (nSPS) is 14.2. The minimum absolute atomic E-state index is 0.0150. The molecule has 0 aromatic heterocycles. The summed E-state index contributed by atoms with van der Waals surface area (Å²) in [5, 5.41) is 8.88. The second-order valence-corrected chi connectivity index (χ2v) is 15.6. The Morgan fingerprint density at radius 2 is 1.06 bits per heavy atom. The fourth-order valence-electron chi connectivity index (χ4n) is 5.69. The Morgan fingerprint density at radius 3 is 1.60 bits per heavy atom. The van der Waals surface area contributed by atoms with Crippen molar-refractivity contribution in [3.8, 4) is 0 Å². The average Bonchev–Trinajstić information content (AvgIpc) is 3.12. The lowest BCUT2D eigenvalue weighted by molar-refractivity contribution is -0.154. The van der Waals surface area contributed by atoms with Crippen LogP contribution in [0.15, 0.2) is 24.3 Å². The van der Waals surface area contributed by atoms with Gasteiger partial charge < -0.3 is 25.2 Å². The van der Waals surface area contributed by atoms with E-state index in [1.54, 1.807) is 0 Å². The number of rotatable bonds is 40. The van der Waals surface area contributed by atoms with Crippen LogP contribution in [0, 0.1) is 0 Å². The number of carboxylic acids is 1. The predicted molar refractivity (Wildman–Crippen MR) is 212 cm³/mol. The van der Waals surface area contributed by atoms with Gasteiger partial charge in [0.25, 0.3) is 0 Å². The molecule has 0 aromatic rings. The van der Waals surface area contributed by atoms with Crippen molar-refractivity contribution in [3.63, 3.8) is 0 Å². The van der Waals surface area contributed by atoms with Gasteiger partial charge in [-0.05, 0) is 44.9 Å². The molecule has 0 saturated heterocycles. The van der Waals surface area contributed by atoms with Crippen molar-refractivity contribution < 1.29 is 42.7 Å². The zero-order chi connectivity index (χ0) is 38.4. The molecule has 0 aliphatic heterocycles. The van der Waals surface area contributed by atoms with Gasteiger partial charge in [-0.3, -0.25) is 18.6 Å². The molecule has 0 spiro atoms. The first-order valence-corrected chi connectivity index (χ1v) is 22.4. The number of carbonyl (C=O) groups excluding carboxylic acids is 1. The molecule has 306 valence electrons. The van der Waals surface area contributed by atoms with E-state index < -0.39 is 45.1 Å². The van der Waals surface area contributed by atoms with Crippen LogP contribution in [-0.2, 0) is 32.7 Å². The predicted octanol–water partition coefficient (Wildman–Crippen LogP) is 11.1. The Kier molecular flexibility index (Phi) is 36.6. The van der Waals surface area contributed by atoms with E-state index in [9.17, 15) is 19.0 Å². The summed E-state index contributed by atoms with van der Waals surface area (Å²) in [6.07, 6.45) is 39.4. The van der Waals surface area contributed by atoms with Crippen molar-refractivity contribution in [2.45, 2.75) is 199 Å². The van der Waals surface area contributed by atoms with Crippen molar-refractivity contribution >= 4 is 19.8 Å². The molecule has 0 aromatic carbocycles. The third kappa shape index (κ3) is 36.8. The Balaban J connectivity index is 4.27. The zero-order valence-electron chi connectivity index (χ0n) is 33.2. The first-order chi connectivity index (χ1) is 25.2. The van der Waals surface area contributed by atoms with Gasteiger partial charge in [-0.25, -0.2) is 4.57 Å². The lowest BCUT2D eigenvalue weighted by Crippen LogP contribution is -2.34. The van der Waals surface area contributed by atoms with Crippen molar-refractivity contribution in [2.75, 3.05) is 26.4 Å². The number of ether oxygens (including phenoxy) is 2. The van der Waals surface area contributed by atoms with Gasteiger partial charge in [-0.15, -0.1) is 0 Å². The molecule has 11 heteroatoms. The van der Waals surface area contributed by atoms with E-state index in [1.807, 2.05) is 0 Å². The van der Waals surface area contributed by atoms with Crippen LogP contribution in [0.2, 0.25) is 0 Å². The first kappa shape index (κ1) is 50.5. The van der Waals surface area contributed by atoms with Crippen LogP contribution < -0.4 is 5.73 Å². The molecule has 0 radical (unpaired) electrons. The number of phosphoric ester groups is 1. The summed E-state index contributed by atoms with van der Waals surface area (Å²) in [6.45, 7) is 3.85. The number of phosphoric acid groups is 1. The Labute approximate surface area is 317 Å². The molecule has 10 nitrogen and oxygen atoms in total. The highest BCUT2D eigenvalue weighted by Crippen LogP contribution is 2.43. The summed E-state index contributed by atoms with van der Waals surface area (Å²) in [7, 11) is -4.61. The molecule has 0 heterocycles. The number of nitrogens with two attached hydrogens (primary N) is 1. The van der Waals surface area contributed by atoms with Crippen LogP contribution in [0.4, 0.5) is 0 Å². The van der Waals surface area contributed by atoms with Gasteiger partial charge >= 0.3 is 19.8 Å². The van der Waals surface area contributed by atoms with E-state index in [0.717, 1.165) is 57.8 Å². The SMILES string of the molecule is CCCCC/C=C\C/C=C\CCCCCCCC(=O)OC(COCCCCCCCCCCCCCCCCC)COP(=O)(O)OCC(N)C(=O)O. The number of carbonyl (C=O) groups is 2. The average molecular weight is 760 g/mol. The second-order valence-electron chi connectivity index (χ2n) is 14.1. The molecule has 0 saturated carbocycles. The number of allylic oxidation sites excluding steroid dienone is 4. The second kappa shape index (κ2) is 37.8. The highest BCUT2D eigenvalue weighted by atomic mass is 31.2. The molecular weight excluding hydrogens is 681 g/mol.